The summed E-state index contributed by atoms with van der Waals surface area (Å²) in [5, 5.41) is 40.3. The van der Waals surface area contributed by atoms with Crippen LogP contribution < -0.4 is 18.9 Å². The number of aliphatic carboxylic acids is 2. The predicted octanol–water partition coefficient (Wildman–Crippen LogP) is 3.99. The number of carbonyl (C=O) groups is 4. The fourth-order valence-corrected chi connectivity index (χ4v) is 6.35. The number of aryl methyl sites for hydroxylation is 1. The van der Waals surface area contributed by atoms with Crippen molar-refractivity contribution in [2.75, 3.05) is 39.7 Å². The highest BCUT2D eigenvalue weighted by atomic mass is 32.2. The minimum Gasteiger partial charge on any atom is -0.479 e. The standard InChI is InChI=1S/C20H24N4O9S.C19H22N4O9S/c1-10(2)15(19(26)27)33-17-14(24(28)29)16(21-20(22-17)34(6,30)31)32-13-8-11(3)7-12(9-13)18(25)23(4)5;1-5-22(6-2)17(24)12-8-7-9-13(10-12)32-16-14(23(27)28)15(31-11(3)18(25)26)20-19(21-16)33(4,29)30/h7-10,15H,1-6H3,(H,26,27);7-11H,5-6H2,1-4H3,(H,25,26). The van der Waals surface area contributed by atoms with Gasteiger partial charge in [0.05, 0.1) is 9.85 Å². The summed E-state index contributed by atoms with van der Waals surface area (Å²) in [5.74, 6) is -7.67. The number of hydrogen-bond donors (Lipinski definition) is 2. The quantitative estimate of drug-likeness (QED) is 0.0761. The van der Waals surface area contributed by atoms with Crippen molar-refractivity contribution >= 4 is 54.8 Å². The second-order valence-corrected chi connectivity index (χ2v) is 18.5. The number of nitro groups is 2. The zero-order valence-electron chi connectivity index (χ0n) is 37.5. The lowest BCUT2D eigenvalue weighted by molar-refractivity contribution is -0.387. The number of carboxylic acid groups (broad SMARTS) is 2. The first-order chi connectivity index (χ1) is 31.0. The molecule has 2 amide bonds. The van der Waals surface area contributed by atoms with Crippen molar-refractivity contribution in [3.8, 4) is 35.0 Å². The van der Waals surface area contributed by atoms with Gasteiger partial charge in [-0.05, 0) is 69.7 Å². The Morgan fingerprint density at radius 3 is 1.57 bits per heavy atom. The number of nitrogens with zero attached hydrogens (tertiary/aromatic N) is 8. The van der Waals surface area contributed by atoms with E-state index in [4.69, 9.17) is 24.1 Å². The summed E-state index contributed by atoms with van der Waals surface area (Å²) in [6, 6.07) is 10.0. The molecule has 0 aliphatic heterocycles. The summed E-state index contributed by atoms with van der Waals surface area (Å²) < 4.78 is 69.5. The van der Waals surface area contributed by atoms with E-state index in [-0.39, 0.29) is 34.4 Å². The summed E-state index contributed by atoms with van der Waals surface area (Å²) in [5.41, 5.74) is -0.934. The molecule has 362 valence electrons. The predicted molar refractivity (Wildman–Crippen MR) is 231 cm³/mol. The molecule has 26 nitrogen and oxygen atoms in total. The molecule has 2 heterocycles. The van der Waals surface area contributed by atoms with Crippen LogP contribution in [0.5, 0.6) is 35.0 Å². The molecule has 0 radical (unpaired) electrons. The van der Waals surface area contributed by atoms with Crippen molar-refractivity contribution in [3.05, 3.63) is 79.4 Å². The molecule has 2 N–H and O–H groups in total. The van der Waals surface area contributed by atoms with E-state index in [1.54, 1.807) is 31.7 Å². The highest BCUT2D eigenvalue weighted by molar-refractivity contribution is 7.90. The van der Waals surface area contributed by atoms with Crippen LogP contribution in [0.25, 0.3) is 0 Å². The fourth-order valence-electron chi connectivity index (χ4n) is 5.35. The number of carboxylic acids is 2. The first-order valence-electron chi connectivity index (χ1n) is 19.4. The second-order valence-electron chi connectivity index (χ2n) is 14.7. The van der Waals surface area contributed by atoms with E-state index in [2.05, 4.69) is 19.9 Å². The van der Waals surface area contributed by atoms with E-state index in [1.807, 2.05) is 0 Å². The van der Waals surface area contributed by atoms with Crippen LogP contribution in [0.15, 0.2) is 52.8 Å². The van der Waals surface area contributed by atoms with Gasteiger partial charge in [-0.1, -0.05) is 19.9 Å². The molecule has 0 saturated heterocycles. The molecule has 0 saturated carbocycles. The SMILES string of the molecule is CCN(CC)C(=O)c1cccc(Oc2nc(S(C)(=O)=O)nc(OC(C)C(=O)O)c2[N+](=O)[O-])c1.Cc1cc(Oc2nc(S(C)(=O)=O)nc(OC(C(=O)O)C(C)C)c2[N+](=O)[O-])cc(C(=O)N(C)C)c1. The number of benzene rings is 2. The number of sulfone groups is 2. The molecule has 0 bridgehead atoms. The minimum absolute atomic E-state index is 0.0453. The molecule has 28 heteroatoms. The lowest BCUT2D eigenvalue weighted by Gasteiger charge is -2.19. The number of carbonyl (C=O) groups excluding carboxylic acids is 2. The average Bonchev–Trinajstić information content (AvgIpc) is 3.21. The monoisotopic (exact) mass is 978 g/mol. The zero-order valence-corrected chi connectivity index (χ0v) is 39.1. The van der Waals surface area contributed by atoms with Gasteiger partial charge in [-0.2, -0.15) is 19.9 Å². The molecular weight excluding hydrogens is 933 g/mol. The van der Waals surface area contributed by atoms with Gasteiger partial charge in [0.25, 0.3) is 22.1 Å². The van der Waals surface area contributed by atoms with Gasteiger partial charge in [0.15, 0.2) is 12.2 Å². The molecule has 4 rings (SSSR count). The van der Waals surface area contributed by atoms with Gasteiger partial charge in [0.1, 0.15) is 11.5 Å². The van der Waals surface area contributed by atoms with Crippen LogP contribution in [-0.2, 0) is 29.3 Å². The van der Waals surface area contributed by atoms with Gasteiger partial charge in [0.2, 0.25) is 19.7 Å². The van der Waals surface area contributed by atoms with Gasteiger partial charge < -0.3 is 39.0 Å². The fraction of sp³-hybridized carbons (Fsp3) is 0.385. The van der Waals surface area contributed by atoms with E-state index in [9.17, 15) is 61.3 Å². The van der Waals surface area contributed by atoms with Crippen molar-refractivity contribution in [2.24, 2.45) is 5.92 Å². The lowest BCUT2D eigenvalue weighted by Crippen LogP contribution is -2.33. The van der Waals surface area contributed by atoms with Crippen molar-refractivity contribution in [1.82, 2.24) is 29.7 Å². The van der Waals surface area contributed by atoms with Crippen LogP contribution in [0.1, 0.15) is 60.9 Å². The van der Waals surface area contributed by atoms with Gasteiger partial charge in [-0.15, -0.1) is 0 Å². The smallest absolute Gasteiger partial charge is 0.392 e. The Morgan fingerprint density at radius 2 is 1.15 bits per heavy atom. The third-order valence-electron chi connectivity index (χ3n) is 8.62. The molecule has 2 aromatic carbocycles. The van der Waals surface area contributed by atoms with E-state index in [0.29, 0.717) is 18.7 Å². The first kappa shape index (κ1) is 53.7. The van der Waals surface area contributed by atoms with Crippen molar-refractivity contribution in [2.45, 2.75) is 64.1 Å². The Balaban J connectivity index is 0.000000355. The van der Waals surface area contributed by atoms with E-state index in [1.165, 1.54) is 69.2 Å². The Morgan fingerprint density at radius 1 is 0.687 bits per heavy atom. The summed E-state index contributed by atoms with van der Waals surface area (Å²) >= 11 is 0. The van der Waals surface area contributed by atoms with Crippen LogP contribution in [0.4, 0.5) is 11.4 Å². The van der Waals surface area contributed by atoms with Crippen LogP contribution in [-0.4, -0.2) is 142 Å². The summed E-state index contributed by atoms with van der Waals surface area (Å²) in [6.07, 6.45) is -1.64. The molecule has 67 heavy (non-hydrogen) atoms. The molecule has 2 atom stereocenters. The lowest BCUT2D eigenvalue weighted by atomic mass is 10.1. The van der Waals surface area contributed by atoms with Gasteiger partial charge in [-0.3, -0.25) is 29.8 Å². The van der Waals surface area contributed by atoms with Crippen molar-refractivity contribution in [3.63, 3.8) is 0 Å². The van der Waals surface area contributed by atoms with E-state index >= 15 is 0 Å². The van der Waals surface area contributed by atoms with E-state index in [0.717, 1.165) is 19.4 Å². The van der Waals surface area contributed by atoms with Crippen LogP contribution in [0.2, 0.25) is 0 Å². The Kier molecular flexibility index (Phi) is 17.7. The molecule has 0 aliphatic carbocycles. The highest BCUT2D eigenvalue weighted by Gasteiger charge is 2.36. The van der Waals surface area contributed by atoms with E-state index < -0.39 is 105 Å². The third-order valence-corrected chi connectivity index (χ3v) is 10.3. The first-order valence-corrected chi connectivity index (χ1v) is 23.2. The van der Waals surface area contributed by atoms with Gasteiger partial charge >= 0.3 is 46.8 Å². The Hall–Kier alpha value is -7.62. The minimum atomic E-state index is -4.11. The number of ether oxygens (including phenoxy) is 4. The Bertz CT molecular complexity index is 2800. The summed E-state index contributed by atoms with van der Waals surface area (Å²) in [4.78, 5) is 86.5. The normalized spacial score (nSPS) is 12.1. The number of rotatable bonds is 19. The van der Waals surface area contributed by atoms with Crippen molar-refractivity contribution < 1.29 is 75.0 Å². The maximum atomic E-state index is 12.6. The number of amides is 2. The largest absolute Gasteiger partial charge is 0.479 e. The zero-order chi connectivity index (χ0) is 50.9. The highest BCUT2D eigenvalue weighted by Crippen LogP contribution is 2.40. The Labute approximate surface area is 382 Å². The molecular formula is C39H46N8O18S2. The summed E-state index contributed by atoms with van der Waals surface area (Å²) in [7, 11) is -5.13. The maximum Gasteiger partial charge on any atom is 0.392 e. The van der Waals surface area contributed by atoms with Crippen molar-refractivity contribution in [1.29, 1.82) is 0 Å². The third kappa shape index (κ3) is 14.2. The average molecular weight is 979 g/mol. The van der Waals surface area contributed by atoms with Crippen LogP contribution >= 0.6 is 0 Å². The molecule has 4 aromatic rings. The molecule has 2 aromatic heterocycles. The topological polar surface area (TPSA) is 358 Å². The molecule has 0 spiro atoms. The second kappa shape index (κ2) is 22.0. The van der Waals surface area contributed by atoms with Gasteiger partial charge in [0, 0.05) is 56.7 Å². The molecule has 2 unspecified atom stereocenters. The van der Waals surface area contributed by atoms with Crippen LogP contribution in [0.3, 0.4) is 0 Å². The van der Waals surface area contributed by atoms with Crippen LogP contribution in [0, 0.1) is 33.1 Å². The molecule has 0 aliphatic rings. The van der Waals surface area contributed by atoms with Gasteiger partial charge in [-0.25, -0.2) is 26.4 Å². The number of hydrogen-bond acceptors (Lipinski definition) is 20. The number of aromatic nitrogens is 4. The molecule has 0 fully saturated rings. The summed E-state index contributed by atoms with van der Waals surface area (Å²) in [6.45, 7) is 10.3. The maximum absolute atomic E-state index is 12.6.